The van der Waals surface area contributed by atoms with Crippen molar-refractivity contribution in [2.45, 2.75) is 57.2 Å². The van der Waals surface area contributed by atoms with Crippen molar-refractivity contribution in [2.24, 2.45) is 0 Å². The highest BCUT2D eigenvalue weighted by atomic mass is 79.9. The second-order valence-electron chi connectivity index (χ2n) is 14.0. The van der Waals surface area contributed by atoms with Gasteiger partial charge in [-0.1, -0.05) is 0 Å². The van der Waals surface area contributed by atoms with Crippen LogP contribution in [0.4, 0.5) is 0 Å². The molecule has 2 aliphatic heterocycles. The van der Waals surface area contributed by atoms with Gasteiger partial charge in [0.1, 0.15) is 90.4 Å². The van der Waals surface area contributed by atoms with Crippen LogP contribution in [0.25, 0.3) is 0 Å². The zero-order chi connectivity index (χ0) is 40.5. The SMILES string of the molecule is CC(C)(Oc1cc(Br)c(OCC2CO2)c(Br)c1)c1cc(Br)c(OCC(O)COc2c(Br)cc(C(C)(C)Oc3cc(Br)c(OCC4CO4)c(Br)c3)cc2Br)c(Br)c1. The van der Waals surface area contributed by atoms with Crippen molar-refractivity contribution in [1.82, 2.24) is 0 Å². The van der Waals surface area contributed by atoms with Crippen LogP contribution < -0.4 is 28.4 Å². The third-order valence-corrected chi connectivity index (χ3v) is 13.3. The van der Waals surface area contributed by atoms with E-state index in [1.54, 1.807) is 0 Å². The van der Waals surface area contributed by atoms with Crippen LogP contribution in [0.5, 0.6) is 34.5 Å². The number of benzene rings is 4. The molecule has 1 N–H and O–H groups in total. The number of hydrogen-bond donors (Lipinski definition) is 1. The highest BCUT2D eigenvalue weighted by Gasteiger charge is 2.30. The molecular formula is C39H36Br8O9. The summed E-state index contributed by atoms with van der Waals surface area (Å²) in [4.78, 5) is 0. The lowest BCUT2D eigenvalue weighted by Gasteiger charge is -2.29. The predicted octanol–water partition coefficient (Wildman–Crippen LogP) is 12.8. The van der Waals surface area contributed by atoms with E-state index in [0.29, 0.717) is 65.6 Å². The molecule has 6 rings (SSSR count). The molecule has 0 amide bonds. The molecule has 2 aliphatic rings. The first kappa shape index (κ1) is 44.9. The Balaban J connectivity index is 1.03. The molecule has 2 fully saturated rings. The van der Waals surface area contributed by atoms with Gasteiger partial charge < -0.3 is 43.0 Å². The Labute approximate surface area is 393 Å². The van der Waals surface area contributed by atoms with E-state index in [1.165, 1.54) is 0 Å². The Kier molecular flexibility index (Phi) is 15.2. The van der Waals surface area contributed by atoms with E-state index in [4.69, 9.17) is 37.9 Å². The van der Waals surface area contributed by atoms with Crippen molar-refractivity contribution >= 4 is 127 Å². The van der Waals surface area contributed by atoms with Gasteiger partial charge in [-0.3, -0.25) is 0 Å². The average Bonchev–Trinajstić information content (AvgIpc) is 4.03. The number of halogens is 8. The standard InChI is InChI=1S/C39H36Br8O9/c1-38(2,55-22-9-30(44)36(31(45)10-22)53-17-24-15-49-24)19-5-26(40)34(27(41)6-19)51-13-21(48)14-52-35-28(42)7-20(8-29(35)43)39(3,4)56-23-11-32(46)37(33(47)12-23)54-18-25-16-50-25/h5-12,21,24-25,48H,13-18H2,1-4H3. The van der Waals surface area contributed by atoms with E-state index >= 15 is 0 Å². The van der Waals surface area contributed by atoms with Crippen LogP contribution in [-0.4, -0.2) is 63.1 Å². The summed E-state index contributed by atoms with van der Waals surface area (Å²) in [5.41, 5.74) is 0.332. The fraction of sp³-hybridized carbons (Fsp3) is 0.385. The summed E-state index contributed by atoms with van der Waals surface area (Å²) >= 11 is 29.0. The quantitative estimate of drug-likeness (QED) is 0.0976. The highest BCUT2D eigenvalue weighted by Crippen LogP contribution is 2.44. The van der Waals surface area contributed by atoms with Gasteiger partial charge in [0.25, 0.3) is 0 Å². The number of ether oxygens (including phenoxy) is 8. The topological polar surface area (TPSA) is 101 Å². The molecule has 56 heavy (non-hydrogen) atoms. The lowest BCUT2D eigenvalue weighted by molar-refractivity contribution is 0.0613. The van der Waals surface area contributed by atoms with E-state index in [2.05, 4.69) is 127 Å². The van der Waals surface area contributed by atoms with Crippen LogP contribution in [0.2, 0.25) is 0 Å². The molecule has 302 valence electrons. The predicted molar refractivity (Wildman–Crippen MR) is 242 cm³/mol. The van der Waals surface area contributed by atoms with Crippen LogP contribution >= 0.6 is 127 Å². The maximum atomic E-state index is 10.9. The molecule has 0 aliphatic carbocycles. The van der Waals surface area contributed by atoms with Crippen molar-refractivity contribution in [3.05, 3.63) is 95.4 Å². The van der Waals surface area contributed by atoms with Gasteiger partial charge in [0.2, 0.25) is 0 Å². The smallest absolute Gasteiger partial charge is 0.148 e. The van der Waals surface area contributed by atoms with Gasteiger partial charge in [0.05, 0.1) is 49.0 Å². The summed E-state index contributed by atoms with van der Waals surface area (Å²) < 4.78 is 53.2. The molecule has 0 saturated carbocycles. The van der Waals surface area contributed by atoms with Gasteiger partial charge in [-0.2, -0.15) is 0 Å². The van der Waals surface area contributed by atoms with E-state index in [1.807, 2.05) is 76.2 Å². The number of aliphatic hydroxyl groups is 1. The Hall–Kier alpha value is -0.600. The van der Waals surface area contributed by atoms with Gasteiger partial charge in [0, 0.05) is 0 Å². The van der Waals surface area contributed by atoms with E-state index in [9.17, 15) is 5.11 Å². The number of epoxide rings is 2. The third-order valence-electron chi connectivity index (χ3n) is 8.55. The number of hydrogen-bond acceptors (Lipinski definition) is 9. The van der Waals surface area contributed by atoms with E-state index in [-0.39, 0.29) is 25.4 Å². The van der Waals surface area contributed by atoms with Gasteiger partial charge >= 0.3 is 0 Å². The first-order chi connectivity index (χ1) is 26.4. The van der Waals surface area contributed by atoms with Crippen LogP contribution in [0.15, 0.2) is 84.3 Å². The molecule has 4 aromatic carbocycles. The molecular weight excluding hydrogens is 1250 g/mol. The summed E-state index contributed by atoms with van der Waals surface area (Å²) in [5.74, 6) is 3.77. The van der Waals surface area contributed by atoms with Crippen molar-refractivity contribution in [3.8, 4) is 34.5 Å². The Morgan fingerprint density at radius 2 is 0.786 bits per heavy atom. The summed E-state index contributed by atoms with van der Waals surface area (Å²) in [5, 5.41) is 10.9. The number of rotatable bonds is 18. The second-order valence-corrected chi connectivity index (χ2v) is 20.8. The fourth-order valence-electron chi connectivity index (χ4n) is 5.35. The summed E-state index contributed by atoms with van der Waals surface area (Å²) in [6.07, 6.45) is -0.643. The largest absolute Gasteiger partial charge is 0.488 e. The minimum absolute atomic E-state index is 0.0166. The second kappa shape index (κ2) is 19.0. The lowest BCUT2D eigenvalue weighted by atomic mass is 9.98. The molecule has 2 heterocycles. The monoisotopic (exact) mass is 1280 g/mol. The average molecular weight is 1290 g/mol. The first-order valence-corrected chi connectivity index (χ1v) is 23.5. The van der Waals surface area contributed by atoms with Gasteiger partial charge in [0.15, 0.2) is 0 Å². The van der Waals surface area contributed by atoms with Gasteiger partial charge in [-0.15, -0.1) is 0 Å². The van der Waals surface area contributed by atoms with Gasteiger partial charge in [-0.05, 0) is 215 Å². The van der Waals surface area contributed by atoms with Crippen LogP contribution in [0.1, 0.15) is 38.8 Å². The van der Waals surface area contributed by atoms with Crippen molar-refractivity contribution in [1.29, 1.82) is 0 Å². The van der Waals surface area contributed by atoms with Crippen LogP contribution in [0, 0.1) is 0 Å². The molecule has 4 aromatic rings. The minimum Gasteiger partial charge on any atom is -0.488 e. The molecule has 0 aromatic heterocycles. The summed E-state index contributed by atoms with van der Waals surface area (Å²) in [6.45, 7) is 10.3. The third kappa shape index (κ3) is 11.8. The van der Waals surface area contributed by atoms with Crippen molar-refractivity contribution in [2.75, 3.05) is 39.6 Å². The zero-order valence-electron chi connectivity index (χ0n) is 30.3. The van der Waals surface area contributed by atoms with Gasteiger partial charge in [-0.25, -0.2) is 0 Å². The maximum absolute atomic E-state index is 10.9. The zero-order valence-corrected chi connectivity index (χ0v) is 43.0. The molecule has 2 unspecified atom stereocenters. The summed E-state index contributed by atoms with van der Waals surface area (Å²) in [6, 6.07) is 15.3. The molecule has 17 heteroatoms. The Morgan fingerprint density at radius 1 is 0.518 bits per heavy atom. The fourth-order valence-corrected chi connectivity index (χ4v) is 10.9. The van der Waals surface area contributed by atoms with E-state index < -0.39 is 17.3 Å². The Bertz CT molecular complexity index is 1830. The van der Waals surface area contributed by atoms with E-state index in [0.717, 1.165) is 42.2 Å². The summed E-state index contributed by atoms with van der Waals surface area (Å²) in [7, 11) is 0. The van der Waals surface area contributed by atoms with Crippen molar-refractivity contribution in [3.63, 3.8) is 0 Å². The Morgan fingerprint density at radius 3 is 1.07 bits per heavy atom. The highest BCUT2D eigenvalue weighted by molar-refractivity contribution is 9.12. The van der Waals surface area contributed by atoms with Crippen LogP contribution in [0.3, 0.4) is 0 Å². The molecule has 2 saturated heterocycles. The van der Waals surface area contributed by atoms with Crippen molar-refractivity contribution < 1.29 is 43.0 Å². The molecule has 9 nitrogen and oxygen atoms in total. The first-order valence-electron chi connectivity index (χ1n) is 17.2. The maximum Gasteiger partial charge on any atom is 0.148 e. The molecule has 0 spiro atoms. The lowest BCUT2D eigenvalue weighted by Crippen LogP contribution is -2.27. The number of aliphatic hydroxyl groups excluding tert-OH is 1. The normalized spacial score (nSPS) is 16.9. The molecule has 2 atom stereocenters. The minimum atomic E-state index is -0.937. The molecule has 0 radical (unpaired) electrons. The molecule has 0 bridgehead atoms. The van der Waals surface area contributed by atoms with Crippen LogP contribution in [-0.2, 0) is 20.7 Å².